The van der Waals surface area contributed by atoms with Crippen LogP contribution in [-0.2, 0) is 0 Å². The van der Waals surface area contributed by atoms with Crippen LogP contribution in [0.1, 0.15) is 26.7 Å². The molecule has 1 fully saturated rings. The predicted octanol–water partition coefficient (Wildman–Crippen LogP) is 3.96. The molecule has 1 aliphatic rings. The van der Waals surface area contributed by atoms with Crippen molar-refractivity contribution in [2.45, 2.75) is 38.8 Å². The summed E-state index contributed by atoms with van der Waals surface area (Å²) in [6.45, 7) is 6.43. The van der Waals surface area contributed by atoms with Gasteiger partial charge in [-0.05, 0) is 31.0 Å². The summed E-state index contributed by atoms with van der Waals surface area (Å²) in [4.78, 5) is 2.40. The van der Waals surface area contributed by atoms with E-state index in [-0.39, 0.29) is 0 Å². The maximum atomic E-state index is 6.32. The fourth-order valence-electron chi connectivity index (χ4n) is 2.50. The lowest BCUT2D eigenvalue weighted by Gasteiger charge is -2.42. The van der Waals surface area contributed by atoms with Gasteiger partial charge < -0.3 is 10.2 Å². The molecule has 0 bridgehead atoms. The highest BCUT2D eigenvalue weighted by Gasteiger charge is 2.27. The summed E-state index contributed by atoms with van der Waals surface area (Å²) in [6.07, 6.45) is 2.23. The number of piperazine rings is 1. The topological polar surface area (TPSA) is 15.3 Å². The molecule has 1 heterocycles. The molecular formula is C14H20Cl2N2. The fourth-order valence-corrected chi connectivity index (χ4v) is 2.90. The van der Waals surface area contributed by atoms with Gasteiger partial charge in [0, 0.05) is 30.2 Å². The van der Waals surface area contributed by atoms with Gasteiger partial charge in [-0.15, -0.1) is 0 Å². The first-order valence-corrected chi connectivity index (χ1v) is 7.36. The van der Waals surface area contributed by atoms with Crippen LogP contribution in [0.4, 0.5) is 5.69 Å². The fraction of sp³-hybridized carbons (Fsp3) is 0.571. The zero-order valence-electron chi connectivity index (χ0n) is 10.9. The van der Waals surface area contributed by atoms with E-state index < -0.39 is 0 Å². The van der Waals surface area contributed by atoms with Crippen molar-refractivity contribution in [3.8, 4) is 0 Å². The lowest BCUT2D eigenvalue weighted by Crippen LogP contribution is -2.56. The average molecular weight is 287 g/mol. The Morgan fingerprint density at radius 1 is 1.28 bits per heavy atom. The van der Waals surface area contributed by atoms with Gasteiger partial charge in [0.05, 0.1) is 10.7 Å². The van der Waals surface area contributed by atoms with Crippen LogP contribution in [0.5, 0.6) is 0 Å². The molecule has 1 aromatic rings. The van der Waals surface area contributed by atoms with Gasteiger partial charge in [-0.25, -0.2) is 0 Å². The summed E-state index contributed by atoms with van der Waals surface area (Å²) in [7, 11) is 0. The van der Waals surface area contributed by atoms with Crippen molar-refractivity contribution in [1.82, 2.24) is 5.32 Å². The monoisotopic (exact) mass is 286 g/mol. The van der Waals surface area contributed by atoms with E-state index in [0.29, 0.717) is 12.1 Å². The minimum absolute atomic E-state index is 0.490. The summed E-state index contributed by atoms with van der Waals surface area (Å²) < 4.78 is 0. The van der Waals surface area contributed by atoms with Crippen LogP contribution in [0.2, 0.25) is 10.0 Å². The van der Waals surface area contributed by atoms with Crippen LogP contribution in [0.3, 0.4) is 0 Å². The molecular weight excluding hydrogens is 267 g/mol. The molecule has 0 radical (unpaired) electrons. The van der Waals surface area contributed by atoms with Crippen LogP contribution in [0, 0.1) is 0 Å². The van der Waals surface area contributed by atoms with E-state index in [1.165, 1.54) is 0 Å². The van der Waals surface area contributed by atoms with Crippen molar-refractivity contribution >= 4 is 28.9 Å². The first-order chi connectivity index (χ1) is 8.65. The Morgan fingerprint density at radius 3 is 2.72 bits per heavy atom. The molecule has 2 atom stereocenters. The summed E-state index contributed by atoms with van der Waals surface area (Å²) in [5, 5.41) is 5.12. The third-order valence-electron chi connectivity index (χ3n) is 3.68. The molecule has 0 saturated carbocycles. The minimum Gasteiger partial charge on any atom is -0.364 e. The van der Waals surface area contributed by atoms with Crippen molar-refractivity contribution < 1.29 is 0 Å². The molecule has 100 valence electrons. The third kappa shape index (κ3) is 2.93. The van der Waals surface area contributed by atoms with E-state index in [9.17, 15) is 0 Å². The Kier molecular flexibility index (Phi) is 4.77. The maximum Gasteiger partial charge on any atom is 0.0640 e. The lowest BCUT2D eigenvalue weighted by molar-refractivity contribution is 0.379. The van der Waals surface area contributed by atoms with Crippen molar-refractivity contribution in [3.63, 3.8) is 0 Å². The predicted molar refractivity (Wildman–Crippen MR) is 80.0 cm³/mol. The minimum atomic E-state index is 0.490. The van der Waals surface area contributed by atoms with Crippen molar-refractivity contribution in [2.24, 2.45) is 0 Å². The van der Waals surface area contributed by atoms with Gasteiger partial charge in [-0.3, -0.25) is 0 Å². The molecule has 0 aliphatic carbocycles. The van der Waals surface area contributed by atoms with E-state index in [0.717, 1.165) is 41.7 Å². The molecule has 2 rings (SSSR count). The highest BCUT2D eigenvalue weighted by molar-refractivity contribution is 6.35. The van der Waals surface area contributed by atoms with E-state index in [4.69, 9.17) is 23.2 Å². The summed E-state index contributed by atoms with van der Waals surface area (Å²) in [5.74, 6) is 0. The number of hydrogen-bond acceptors (Lipinski definition) is 2. The van der Waals surface area contributed by atoms with Gasteiger partial charge in [0.2, 0.25) is 0 Å². The molecule has 0 spiro atoms. The van der Waals surface area contributed by atoms with E-state index in [2.05, 4.69) is 24.1 Å². The summed E-state index contributed by atoms with van der Waals surface area (Å²) >= 11 is 12.4. The van der Waals surface area contributed by atoms with Crippen LogP contribution in [0.25, 0.3) is 0 Å². The van der Waals surface area contributed by atoms with Gasteiger partial charge in [-0.1, -0.05) is 37.0 Å². The van der Waals surface area contributed by atoms with Crippen molar-refractivity contribution in [2.75, 3.05) is 18.0 Å². The molecule has 0 amide bonds. The number of nitrogens with one attached hydrogen (secondary N) is 1. The van der Waals surface area contributed by atoms with Crippen LogP contribution in [-0.4, -0.2) is 25.2 Å². The lowest BCUT2D eigenvalue weighted by atomic mass is 10.0. The molecule has 1 aromatic carbocycles. The zero-order valence-corrected chi connectivity index (χ0v) is 12.4. The number of halogens is 2. The van der Waals surface area contributed by atoms with Crippen LogP contribution < -0.4 is 10.2 Å². The molecule has 18 heavy (non-hydrogen) atoms. The SMILES string of the molecule is CCC1CN(c2cc(Cl)ccc2Cl)C(CC)CN1. The zero-order chi connectivity index (χ0) is 13.1. The van der Waals surface area contributed by atoms with Gasteiger partial charge >= 0.3 is 0 Å². The number of hydrogen-bond donors (Lipinski definition) is 1. The van der Waals surface area contributed by atoms with Crippen LogP contribution >= 0.6 is 23.2 Å². The normalized spacial score (nSPS) is 24.3. The molecule has 1 N–H and O–H groups in total. The van der Waals surface area contributed by atoms with E-state index in [1.807, 2.05) is 18.2 Å². The van der Waals surface area contributed by atoms with Gasteiger partial charge in [0.15, 0.2) is 0 Å². The largest absolute Gasteiger partial charge is 0.364 e. The number of benzene rings is 1. The van der Waals surface area contributed by atoms with Crippen molar-refractivity contribution in [1.29, 1.82) is 0 Å². The second kappa shape index (κ2) is 6.14. The molecule has 2 nitrogen and oxygen atoms in total. The first-order valence-electron chi connectivity index (χ1n) is 6.60. The van der Waals surface area contributed by atoms with Gasteiger partial charge in [0.1, 0.15) is 0 Å². The summed E-state index contributed by atoms with van der Waals surface area (Å²) in [6, 6.07) is 6.72. The second-order valence-electron chi connectivity index (χ2n) is 4.82. The highest BCUT2D eigenvalue weighted by atomic mass is 35.5. The van der Waals surface area contributed by atoms with Gasteiger partial charge in [0.25, 0.3) is 0 Å². The average Bonchev–Trinajstić information content (AvgIpc) is 2.40. The highest BCUT2D eigenvalue weighted by Crippen LogP contribution is 2.32. The Hall–Kier alpha value is -0.440. The number of nitrogens with zero attached hydrogens (tertiary/aromatic N) is 1. The summed E-state index contributed by atoms with van der Waals surface area (Å²) in [5.41, 5.74) is 1.07. The maximum absolute atomic E-state index is 6.32. The molecule has 1 saturated heterocycles. The van der Waals surface area contributed by atoms with E-state index >= 15 is 0 Å². The van der Waals surface area contributed by atoms with Gasteiger partial charge in [-0.2, -0.15) is 0 Å². The Labute approximate surface area is 119 Å². The Balaban J connectivity index is 2.29. The smallest absolute Gasteiger partial charge is 0.0640 e. The number of rotatable bonds is 3. The molecule has 1 aliphatic heterocycles. The van der Waals surface area contributed by atoms with Crippen LogP contribution in [0.15, 0.2) is 18.2 Å². The first kappa shape index (κ1) is 14.0. The van der Waals surface area contributed by atoms with Crippen molar-refractivity contribution in [3.05, 3.63) is 28.2 Å². The quantitative estimate of drug-likeness (QED) is 0.905. The second-order valence-corrected chi connectivity index (χ2v) is 5.67. The third-order valence-corrected chi connectivity index (χ3v) is 4.24. The van der Waals surface area contributed by atoms with E-state index in [1.54, 1.807) is 0 Å². The Morgan fingerprint density at radius 2 is 2.06 bits per heavy atom. The molecule has 4 heteroatoms. The molecule has 0 aromatic heterocycles. The molecule has 2 unspecified atom stereocenters. The Bertz CT molecular complexity index is 409. The standard InChI is InChI=1S/C14H20Cl2N2/c1-3-11-9-18(12(4-2)8-17-11)14-7-10(15)5-6-13(14)16/h5-7,11-12,17H,3-4,8-9H2,1-2H3. The number of anilines is 1.